The summed E-state index contributed by atoms with van der Waals surface area (Å²) in [5, 5.41) is 0.407. The van der Waals surface area contributed by atoms with Gasteiger partial charge in [0.15, 0.2) is 19.0 Å². The van der Waals surface area contributed by atoms with Gasteiger partial charge in [0.05, 0.1) is 10.7 Å². The van der Waals surface area contributed by atoms with Gasteiger partial charge < -0.3 is 14.4 Å². The molecule has 0 N–H and O–H groups in total. The van der Waals surface area contributed by atoms with E-state index in [1.807, 2.05) is 30.3 Å². The normalized spacial score (nSPS) is 12.5. The van der Waals surface area contributed by atoms with Gasteiger partial charge in [0.1, 0.15) is 18.0 Å². The lowest BCUT2D eigenvalue weighted by Gasteiger charge is -2.30. The van der Waals surface area contributed by atoms with Crippen molar-refractivity contribution in [2.24, 2.45) is 0 Å². The second kappa shape index (κ2) is 10.4. The zero-order chi connectivity index (χ0) is 24.1. The van der Waals surface area contributed by atoms with Crippen LogP contribution in [0.4, 0.5) is 5.69 Å². The van der Waals surface area contributed by atoms with Crippen molar-refractivity contribution < 1.29 is 23.9 Å². The summed E-state index contributed by atoms with van der Waals surface area (Å²) in [6.07, 6.45) is 0. The molecule has 4 rings (SSSR count). The van der Waals surface area contributed by atoms with E-state index in [4.69, 9.17) is 21.1 Å². The predicted octanol–water partition coefficient (Wildman–Crippen LogP) is 3.99. The number of halogens is 1. The molecule has 0 unspecified atom stereocenters. The third-order valence-electron chi connectivity index (χ3n) is 5.40. The van der Waals surface area contributed by atoms with Crippen molar-refractivity contribution in [3.05, 3.63) is 88.9 Å². The van der Waals surface area contributed by atoms with Gasteiger partial charge in [0.2, 0.25) is 5.91 Å². The Bertz CT molecular complexity index is 1210. The molecule has 0 spiro atoms. The van der Waals surface area contributed by atoms with Crippen molar-refractivity contribution in [2.75, 3.05) is 31.7 Å². The lowest BCUT2D eigenvalue weighted by atomic mass is 10.1. The summed E-state index contributed by atoms with van der Waals surface area (Å²) in [6.45, 7) is -0.142. The van der Waals surface area contributed by atoms with Crippen LogP contribution < -0.4 is 14.4 Å². The molecule has 7 nitrogen and oxygen atoms in total. The number of carbonyl (C=O) groups excluding carboxylic acids is 3. The van der Waals surface area contributed by atoms with Gasteiger partial charge in [-0.2, -0.15) is 0 Å². The largest absolute Gasteiger partial charge is 0.484 e. The predicted molar refractivity (Wildman–Crippen MR) is 128 cm³/mol. The van der Waals surface area contributed by atoms with Gasteiger partial charge in [-0.3, -0.25) is 19.3 Å². The van der Waals surface area contributed by atoms with E-state index >= 15 is 0 Å². The molecule has 8 heteroatoms. The highest BCUT2D eigenvalue weighted by Crippen LogP contribution is 2.33. The fourth-order valence-electron chi connectivity index (χ4n) is 3.54. The number of nitrogens with zero attached hydrogens (tertiary/aromatic N) is 2. The Balaban J connectivity index is 1.48. The van der Waals surface area contributed by atoms with E-state index in [9.17, 15) is 14.4 Å². The van der Waals surface area contributed by atoms with Crippen LogP contribution in [-0.2, 0) is 16.1 Å². The summed E-state index contributed by atoms with van der Waals surface area (Å²) in [6, 6.07) is 21.2. The van der Waals surface area contributed by atoms with Crippen molar-refractivity contribution in [1.29, 1.82) is 0 Å². The van der Waals surface area contributed by atoms with Crippen LogP contribution in [0.2, 0.25) is 5.02 Å². The number of carbonyl (C=O) groups is 3. The minimum absolute atomic E-state index is 0.160. The first kappa shape index (κ1) is 23.3. The summed E-state index contributed by atoms with van der Waals surface area (Å²) in [4.78, 5) is 41.1. The average molecular weight is 479 g/mol. The topological polar surface area (TPSA) is 76.2 Å². The molecule has 0 saturated carbocycles. The van der Waals surface area contributed by atoms with E-state index in [-0.39, 0.29) is 37.4 Å². The van der Waals surface area contributed by atoms with E-state index in [0.29, 0.717) is 34.3 Å². The van der Waals surface area contributed by atoms with Gasteiger partial charge in [-0.1, -0.05) is 54.1 Å². The zero-order valence-corrected chi connectivity index (χ0v) is 19.3. The summed E-state index contributed by atoms with van der Waals surface area (Å²) in [5.41, 5.74) is 1.69. The van der Waals surface area contributed by atoms with Crippen molar-refractivity contribution in [2.45, 2.75) is 6.54 Å². The second-order valence-corrected chi connectivity index (χ2v) is 8.24. The number of hydrogen-bond donors (Lipinski definition) is 0. The maximum absolute atomic E-state index is 12.9. The van der Waals surface area contributed by atoms with Gasteiger partial charge in [0, 0.05) is 19.2 Å². The Morgan fingerprint density at radius 2 is 1.79 bits per heavy atom. The first-order valence-electron chi connectivity index (χ1n) is 10.7. The molecule has 1 aliphatic heterocycles. The molecule has 174 valence electrons. The van der Waals surface area contributed by atoms with E-state index in [0.717, 1.165) is 5.56 Å². The van der Waals surface area contributed by atoms with Crippen molar-refractivity contribution in [1.82, 2.24) is 4.90 Å². The van der Waals surface area contributed by atoms with Crippen LogP contribution in [0.15, 0.2) is 72.8 Å². The SMILES string of the molecule is CN(Cc1ccccc1)C(=O)CN1C(=O)COc2ccc(C(=O)COc3ccccc3Cl)cc21. The van der Waals surface area contributed by atoms with Gasteiger partial charge >= 0.3 is 0 Å². The molecule has 0 radical (unpaired) electrons. The number of hydrogen-bond acceptors (Lipinski definition) is 5. The standard InChI is InChI=1S/C26H23ClN2O5/c1-28(14-18-7-3-2-4-8-18)25(31)15-29-21-13-19(11-12-24(21)34-17-26(29)32)22(30)16-33-23-10-6-5-9-20(23)27/h2-13H,14-17H2,1H3. The summed E-state index contributed by atoms with van der Waals surface area (Å²) >= 11 is 6.08. The fraction of sp³-hybridized carbons (Fsp3) is 0.192. The van der Waals surface area contributed by atoms with Gasteiger partial charge in [-0.25, -0.2) is 0 Å². The van der Waals surface area contributed by atoms with Crippen LogP contribution in [0.3, 0.4) is 0 Å². The van der Waals surface area contributed by atoms with E-state index in [1.165, 1.54) is 4.90 Å². The molecule has 0 atom stereocenters. The maximum Gasteiger partial charge on any atom is 0.265 e. The third kappa shape index (κ3) is 5.38. The molecular formula is C26H23ClN2O5. The monoisotopic (exact) mass is 478 g/mol. The number of benzene rings is 3. The van der Waals surface area contributed by atoms with E-state index < -0.39 is 0 Å². The van der Waals surface area contributed by atoms with Gasteiger partial charge in [0.25, 0.3) is 5.91 Å². The Kier molecular flexibility index (Phi) is 7.13. The molecule has 3 aromatic carbocycles. The summed E-state index contributed by atoms with van der Waals surface area (Å²) < 4.78 is 11.1. The Labute approximate surface area is 202 Å². The van der Waals surface area contributed by atoms with E-state index in [2.05, 4.69) is 0 Å². The number of ether oxygens (including phenoxy) is 2. The van der Waals surface area contributed by atoms with Crippen LogP contribution in [0.5, 0.6) is 11.5 Å². The number of Topliss-reactive ketones (excluding diaryl/α,β-unsaturated/α-hetero) is 1. The minimum Gasteiger partial charge on any atom is -0.484 e. The van der Waals surface area contributed by atoms with Crippen LogP contribution in [0, 0.1) is 0 Å². The highest BCUT2D eigenvalue weighted by Gasteiger charge is 2.29. The summed E-state index contributed by atoms with van der Waals surface area (Å²) in [7, 11) is 1.69. The van der Waals surface area contributed by atoms with E-state index in [1.54, 1.807) is 54.4 Å². The van der Waals surface area contributed by atoms with Gasteiger partial charge in [-0.05, 0) is 35.9 Å². The number of rotatable bonds is 8. The maximum atomic E-state index is 12.9. The summed E-state index contributed by atoms with van der Waals surface area (Å²) in [5.74, 6) is -0.0488. The quantitative estimate of drug-likeness (QED) is 0.458. The molecule has 2 amide bonds. The molecule has 0 bridgehead atoms. The zero-order valence-electron chi connectivity index (χ0n) is 18.6. The lowest BCUT2D eigenvalue weighted by Crippen LogP contribution is -2.45. The smallest absolute Gasteiger partial charge is 0.265 e. The molecule has 1 heterocycles. The van der Waals surface area contributed by atoms with Crippen LogP contribution in [-0.4, -0.2) is 49.3 Å². The van der Waals surface area contributed by atoms with Crippen molar-refractivity contribution in [3.8, 4) is 11.5 Å². The average Bonchev–Trinajstić information content (AvgIpc) is 2.85. The number of fused-ring (bicyclic) bond motifs is 1. The molecule has 1 aliphatic rings. The second-order valence-electron chi connectivity index (χ2n) is 7.83. The molecule has 3 aromatic rings. The first-order chi connectivity index (χ1) is 16.4. The number of likely N-dealkylation sites (N-methyl/N-ethyl adjacent to an activating group) is 1. The molecule has 0 aliphatic carbocycles. The van der Waals surface area contributed by atoms with Crippen LogP contribution in [0.25, 0.3) is 0 Å². The third-order valence-corrected chi connectivity index (χ3v) is 5.71. The number of amides is 2. The Morgan fingerprint density at radius 3 is 2.56 bits per heavy atom. The molecule has 34 heavy (non-hydrogen) atoms. The molecular weight excluding hydrogens is 456 g/mol. The lowest BCUT2D eigenvalue weighted by molar-refractivity contribution is -0.131. The molecule has 0 fully saturated rings. The minimum atomic E-state index is -0.356. The first-order valence-corrected chi connectivity index (χ1v) is 11.1. The number of ketones is 1. The van der Waals surface area contributed by atoms with Crippen molar-refractivity contribution in [3.63, 3.8) is 0 Å². The molecule has 0 saturated heterocycles. The van der Waals surface area contributed by atoms with Crippen LogP contribution in [0.1, 0.15) is 15.9 Å². The Morgan fingerprint density at radius 1 is 1.06 bits per heavy atom. The fourth-order valence-corrected chi connectivity index (χ4v) is 3.73. The highest BCUT2D eigenvalue weighted by atomic mass is 35.5. The highest BCUT2D eigenvalue weighted by molar-refractivity contribution is 6.32. The van der Waals surface area contributed by atoms with Crippen molar-refractivity contribution >= 4 is 34.9 Å². The van der Waals surface area contributed by atoms with Gasteiger partial charge in [-0.15, -0.1) is 0 Å². The molecule has 0 aromatic heterocycles. The number of anilines is 1. The number of para-hydroxylation sites is 1. The van der Waals surface area contributed by atoms with Crippen LogP contribution >= 0.6 is 11.6 Å². The Hall–Kier alpha value is -3.84.